The van der Waals surface area contributed by atoms with Gasteiger partial charge in [0.25, 0.3) is 0 Å². The molecule has 2 N–H and O–H groups in total. The molecule has 1 saturated heterocycles. The Bertz CT molecular complexity index is 258. The van der Waals surface area contributed by atoms with Crippen LogP contribution < -0.4 is 5.32 Å². The maximum absolute atomic E-state index is 9.49. The van der Waals surface area contributed by atoms with E-state index in [0.29, 0.717) is 0 Å². The van der Waals surface area contributed by atoms with Crippen molar-refractivity contribution in [1.29, 1.82) is 0 Å². The third kappa shape index (κ3) is 4.84. The molecule has 0 aromatic rings. The Labute approximate surface area is 112 Å². The van der Waals surface area contributed by atoms with Gasteiger partial charge < -0.3 is 15.2 Å². The lowest BCUT2D eigenvalue weighted by atomic mass is 9.97. The van der Waals surface area contributed by atoms with Crippen molar-refractivity contribution < 1.29 is 9.84 Å². The van der Waals surface area contributed by atoms with Crippen molar-refractivity contribution in [2.75, 3.05) is 32.8 Å². The number of hydrogen-bond donors (Lipinski definition) is 2. The van der Waals surface area contributed by atoms with E-state index in [4.69, 9.17) is 4.74 Å². The number of aliphatic hydroxyl groups is 1. The molecule has 0 aliphatic carbocycles. The van der Waals surface area contributed by atoms with Gasteiger partial charge in [0.2, 0.25) is 0 Å². The Morgan fingerprint density at radius 1 is 1.50 bits per heavy atom. The van der Waals surface area contributed by atoms with Crippen molar-refractivity contribution in [2.24, 2.45) is 0 Å². The highest BCUT2D eigenvalue weighted by Crippen LogP contribution is 2.21. The molecule has 0 aromatic carbocycles. The molecule has 4 nitrogen and oxygen atoms in total. The summed E-state index contributed by atoms with van der Waals surface area (Å²) in [5.41, 5.74) is -0.230. The molecule has 4 heteroatoms. The van der Waals surface area contributed by atoms with E-state index in [1.54, 1.807) is 0 Å². The molecule has 18 heavy (non-hydrogen) atoms. The quantitative estimate of drug-likeness (QED) is 0.752. The molecule has 0 spiro atoms. The van der Waals surface area contributed by atoms with Gasteiger partial charge in [-0.15, -0.1) is 0 Å². The lowest BCUT2D eigenvalue weighted by molar-refractivity contribution is -0.129. The van der Waals surface area contributed by atoms with Crippen LogP contribution in [0.3, 0.4) is 0 Å². The lowest BCUT2D eigenvalue weighted by Crippen LogP contribution is -2.54. The molecule has 1 aliphatic heterocycles. The first-order chi connectivity index (χ1) is 8.30. The van der Waals surface area contributed by atoms with Crippen LogP contribution >= 0.6 is 0 Å². The van der Waals surface area contributed by atoms with Gasteiger partial charge in [-0.2, -0.15) is 0 Å². The Balaban J connectivity index is 2.47. The maximum atomic E-state index is 9.49. The first-order valence-electron chi connectivity index (χ1n) is 7.06. The summed E-state index contributed by atoms with van der Waals surface area (Å²) in [6, 6.07) is 0. The molecule has 0 saturated carbocycles. The highest BCUT2D eigenvalue weighted by Gasteiger charge is 2.32. The Kier molecular flexibility index (Phi) is 5.59. The second-order valence-corrected chi connectivity index (χ2v) is 6.42. The summed E-state index contributed by atoms with van der Waals surface area (Å²) in [4.78, 5) is 2.44. The molecule has 2 unspecified atom stereocenters. The van der Waals surface area contributed by atoms with E-state index in [9.17, 15) is 5.11 Å². The first kappa shape index (κ1) is 15.9. The molecule has 1 rings (SSSR count). The van der Waals surface area contributed by atoms with Crippen LogP contribution in [0.25, 0.3) is 0 Å². The number of ether oxygens (including phenoxy) is 1. The predicted octanol–water partition coefficient (Wildman–Crippen LogP) is 1.24. The van der Waals surface area contributed by atoms with Crippen LogP contribution in [0.5, 0.6) is 0 Å². The fourth-order valence-corrected chi connectivity index (χ4v) is 2.81. The second-order valence-electron chi connectivity index (χ2n) is 6.42. The van der Waals surface area contributed by atoms with Crippen molar-refractivity contribution in [3.05, 3.63) is 0 Å². The monoisotopic (exact) mass is 258 g/mol. The van der Waals surface area contributed by atoms with Gasteiger partial charge in [-0.1, -0.05) is 6.92 Å². The molecule has 1 heterocycles. The third-order valence-electron chi connectivity index (χ3n) is 3.57. The average molecular weight is 258 g/mol. The standard InChI is InChI=1S/C14H30N2O2/c1-6-15-14(5,11-17)7-8-16-9-12(2)18-13(3,4)10-16/h12,15,17H,6-11H2,1-5H3. The number of aliphatic hydroxyl groups excluding tert-OH is 1. The fraction of sp³-hybridized carbons (Fsp3) is 1.00. The van der Waals surface area contributed by atoms with Crippen molar-refractivity contribution in [3.63, 3.8) is 0 Å². The van der Waals surface area contributed by atoms with E-state index in [1.807, 2.05) is 0 Å². The van der Waals surface area contributed by atoms with E-state index in [1.165, 1.54) is 0 Å². The van der Waals surface area contributed by atoms with Gasteiger partial charge in [0.1, 0.15) is 0 Å². The van der Waals surface area contributed by atoms with Crippen molar-refractivity contribution >= 4 is 0 Å². The maximum Gasteiger partial charge on any atom is 0.0757 e. The lowest BCUT2D eigenvalue weighted by Gasteiger charge is -2.43. The van der Waals surface area contributed by atoms with E-state index in [-0.39, 0.29) is 23.9 Å². The van der Waals surface area contributed by atoms with Crippen molar-refractivity contribution in [2.45, 2.75) is 58.3 Å². The van der Waals surface area contributed by atoms with Crippen LogP contribution in [0, 0.1) is 0 Å². The number of nitrogens with one attached hydrogen (secondary N) is 1. The molecule has 0 radical (unpaired) electrons. The number of nitrogens with zero attached hydrogens (tertiary/aromatic N) is 1. The number of morpholine rings is 1. The van der Waals surface area contributed by atoms with Crippen LogP contribution in [-0.2, 0) is 4.74 Å². The highest BCUT2D eigenvalue weighted by molar-refractivity contribution is 4.87. The summed E-state index contributed by atoms with van der Waals surface area (Å²) >= 11 is 0. The van der Waals surface area contributed by atoms with Gasteiger partial charge in [-0.25, -0.2) is 0 Å². The molecule has 0 aromatic heterocycles. The van der Waals surface area contributed by atoms with Gasteiger partial charge in [0.05, 0.1) is 18.3 Å². The van der Waals surface area contributed by atoms with Crippen LogP contribution in [0.2, 0.25) is 0 Å². The highest BCUT2D eigenvalue weighted by atomic mass is 16.5. The Morgan fingerprint density at radius 2 is 2.17 bits per heavy atom. The summed E-state index contributed by atoms with van der Waals surface area (Å²) in [7, 11) is 0. The van der Waals surface area contributed by atoms with Gasteiger partial charge in [0, 0.05) is 25.2 Å². The van der Waals surface area contributed by atoms with Gasteiger partial charge in [-0.3, -0.25) is 4.90 Å². The molecule has 1 aliphatic rings. The largest absolute Gasteiger partial charge is 0.394 e. The first-order valence-corrected chi connectivity index (χ1v) is 7.06. The van der Waals surface area contributed by atoms with Crippen molar-refractivity contribution in [3.8, 4) is 0 Å². The molecule has 2 atom stereocenters. The summed E-state index contributed by atoms with van der Waals surface area (Å²) in [6.45, 7) is 14.6. The predicted molar refractivity (Wildman–Crippen MR) is 74.9 cm³/mol. The summed E-state index contributed by atoms with van der Waals surface area (Å²) in [5, 5.41) is 12.9. The van der Waals surface area contributed by atoms with Gasteiger partial charge >= 0.3 is 0 Å². The van der Waals surface area contributed by atoms with Crippen LogP contribution in [0.15, 0.2) is 0 Å². The smallest absolute Gasteiger partial charge is 0.0757 e. The molecule has 1 fully saturated rings. The molecular formula is C14H30N2O2. The summed E-state index contributed by atoms with van der Waals surface area (Å²) in [6.07, 6.45) is 1.24. The topological polar surface area (TPSA) is 44.7 Å². The minimum absolute atomic E-state index is 0.0640. The third-order valence-corrected chi connectivity index (χ3v) is 3.57. The Morgan fingerprint density at radius 3 is 2.67 bits per heavy atom. The SMILES string of the molecule is CCNC(C)(CO)CCN1CC(C)OC(C)(C)C1. The minimum atomic E-state index is -0.166. The molecular weight excluding hydrogens is 228 g/mol. The van der Waals surface area contributed by atoms with Crippen LogP contribution in [0.1, 0.15) is 41.0 Å². The zero-order valence-corrected chi connectivity index (χ0v) is 12.6. The van der Waals surface area contributed by atoms with E-state index >= 15 is 0 Å². The van der Waals surface area contributed by atoms with Crippen LogP contribution in [-0.4, -0.2) is 60.0 Å². The molecule has 0 amide bonds. The van der Waals surface area contributed by atoms with E-state index in [2.05, 4.69) is 44.8 Å². The second kappa shape index (κ2) is 6.33. The zero-order valence-electron chi connectivity index (χ0n) is 12.6. The average Bonchev–Trinajstić information content (AvgIpc) is 2.24. The van der Waals surface area contributed by atoms with E-state index < -0.39 is 0 Å². The fourth-order valence-electron chi connectivity index (χ4n) is 2.81. The summed E-state index contributed by atoms with van der Waals surface area (Å²) < 4.78 is 5.90. The van der Waals surface area contributed by atoms with Crippen LogP contribution in [0.4, 0.5) is 0 Å². The normalized spacial score (nSPS) is 28.0. The van der Waals surface area contributed by atoms with Crippen molar-refractivity contribution in [1.82, 2.24) is 10.2 Å². The Hall–Kier alpha value is -0.160. The van der Waals surface area contributed by atoms with Gasteiger partial charge in [0.15, 0.2) is 0 Å². The molecule has 108 valence electrons. The summed E-state index contributed by atoms with van der Waals surface area (Å²) in [5.74, 6) is 0. The number of rotatable bonds is 6. The number of hydrogen-bond acceptors (Lipinski definition) is 4. The zero-order chi connectivity index (χ0) is 13.8. The number of likely N-dealkylation sites (N-methyl/N-ethyl adjacent to an activating group) is 1. The molecule has 0 bridgehead atoms. The van der Waals surface area contributed by atoms with Gasteiger partial charge in [-0.05, 0) is 40.7 Å². The van der Waals surface area contributed by atoms with E-state index in [0.717, 1.165) is 32.6 Å². The minimum Gasteiger partial charge on any atom is -0.394 e.